The van der Waals surface area contributed by atoms with Crippen molar-refractivity contribution in [3.63, 3.8) is 0 Å². The predicted molar refractivity (Wildman–Crippen MR) is 117 cm³/mol. The Labute approximate surface area is 178 Å². The molecule has 2 fully saturated rings. The van der Waals surface area contributed by atoms with E-state index in [9.17, 15) is 0 Å². The van der Waals surface area contributed by atoms with E-state index in [-0.39, 0.29) is 24.0 Å². The fourth-order valence-corrected chi connectivity index (χ4v) is 3.96. The number of benzene rings is 1. The van der Waals surface area contributed by atoms with E-state index in [1.165, 1.54) is 24.0 Å². The van der Waals surface area contributed by atoms with Gasteiger partial charge in [-0.1, -0.05) is 30.3 Å². The summed E-state index contributed by atoms with van der Waals surface area (Å²) in [5.74, 6) is 0.976. The van der Waals surface area contributed by atoms with Gasteiger partial charge in [-0.25, -0.2) is 0 Å². The molecule has 146 valence electrons. The fraction of sp³-hybridized carbons (Fsp3) is 0.500. The lowest BCUT2D eigenvalue weighted by Crippen LogP contribution is -2.41. The first-order valence-electron chi connectivity index (χ1n) is 9.35. The van der Waals surface area contributed by atoms with E-state index in [4.69, 9.17) is 4.74 Å². The highest BCUT2D eigenvalue weighted by Gasteiger charge is 2.42. The summed E-state index contributed by atoms with van der Waals surface area (Å²) in [6, 6.07) is 10.4. The van der Waals surface area contributed by atoms with Crippen molar-refractivity contribution in [1.82, 2.24) is 20.0 Å². The van der Waals surface area contributed by atoms with Gasteiger partial charge >= 0.3 is 0 Å². The zero-order valence-corrected chi connectivity index (χ0v) is 18.1. The van der Waals surface area contributed by atoms with Crippen molar-refractivity contribution in [2.75, 3.05) is 33.4 Å². The topological polar surface area (TPSA) is 54.7 Å². The molecule has 2 aliphatic heterocycles. The number of aromatic nitrogens is 2. The molecule has 1 spiro atoms. The van der Waals surface area contributed by atoms with E-state index in [0.29, 0.717) is 5.41 Å². The van der Waals surface area contributed by atoms with E-state index in [1.807, 2.05) is 24.0 Å². The van der Waals surface area contributed by atoms with Crippen LogP contribution in [0.25, 0.3) is 0 Å². The fourth-order valence-electron chi connectivity index (χ4n) is 3.96. The minimum Gasteiger partial charge on any atom is -0.381 e. The molecule has 1 aromatic carbocycles. The summed E-state index contributed by atoms with van der Waals surface area (Å²) in [4.78, 5) is 6.84. The lowest BCUT2D eigenvalue weighted by molar-refractivity contribution is 0.156. The van der Waals surface area contributed by atoms with Gasteiger partial charge in [0.1, 0.15) is 0 Å². The summed E-state index contributed by atoms with van der Waals surface area (Å²) in [5.41, 5.74) is 2.77. The van der Waals surface area contributed by atoms with Crippen LogP contribution in [0.2, 0.25) is 0 Å². The van der Waals surface area contributed by atoms with E-state index in [0.717, 1.165) is 45.4 Å². The maximum atomic E-state index is 5.63. The lowest BCUT2D eigenvalue weighted by Gasteiger charge is -2.24. The molecule has 27 heavy (non-hydrogen) atoms. The lowest BCUT2D eigenvalue weighted by atomic mass is 9.87. The number of hydrogen-bond acceptors (Lipinski definition) is 3. The molecule has 4 rings (SSSR count). The van der Waals surface area contributed by atoms with Crippen LogP contribution in [0.4, 0.5) is 0 Å². The number of aliphatic imine (C=N–C) groups is 1. The summed E-state index contributed by atoms with van der Waals surface area (Å²) in [5, 5.41) is 7.97. The number of ether oxygens (including phenoxy) is 1. The molecule has 2 aromatic rings. The number of rotatable bonds is 4. The molecule has 0 bridgehead atoms. The Hall–Kier alpha value is -1.61. The minimum absolute atomic E-state index is 0. The quantitative estimate of drug-likeness (QED) is 0.415. The zero-order valence-electron chi connectivity index (χ0n) is 15.8. The molecule has 0 saturated carbocycles. The number of halogens is 1. The summed E-state index contributed by atoms with van der Waals surface area (Å²) in [7, 11) is 1.86. The normalized spacial score (nSPS) is 22.3. The standard InChI is InChI=1S/C20H27N5O.HI/c1-21-19(24-9-7-20(15-24)8-10-26-16-20)22-11-18-12-23-25(14-18)13-17-5-3-2-4-6-17;/h2-6,12,14H,7-11,13,15-16H2,1H3,(H,21,22);1H. The molecule has 0 aliphatic carbocycles. The van der Waals surface area contributed by atoms with Gasteiger partial charge in [-0.3, -0.25) is 9.67 Å². The highest BCUT2D eigenvalue weighted by atomic mass is 127. The van der Waals surface area contributed by atoms with Crippen molar-refractivity contribution in [1.29, 1.82) is 0 Å². The third-order valence-corrected chi connectivity index (χ3v) is 5.46. The van der Waals surface area contributed by atoms with Crippen LogP contribution in [0.15, 0.2) is 47.7 Å². The second-order valence-corrected chi connectivity index (χ2v) is 7.41. The molecular weight excluding hydrogens is 453 g/mol. The minimum atomic E-state index is 0. The van der Waals surface area contributed by atoms with Crippen LogP contribution in [0, 0.1) is 5.41 Å². The molecule has 0 radical (unpaired) electrons. The summed E-state index contributed by atoms with van der Waals surface area (Å²) in [6.07, 6.45) is 6.40. The van der Waals surface area contributed by atoms with Gasteiger partial charge in [-0.2, -0.15) is 5.10 Å². The largest absolute Gasteiger partial charge is 0.381 e. The summed E-state index contributed by atoms with van der Waals surface area (Å²) >= 11 is 0. The maximum Gasteiger partial charge on any atom is 0.193 e. The van der Waals surface area contributed by atoms with Crippen LogP contribution in [0.5, 0.6) is 0 Å². The molecule has 0 amide bonds. The van der Waals surface area contributed by atoms with Crippen LogP contribution in [-0.4, -0.2) is 54.0 Å². The third-order valence-electron chi connectivity index (χ3n) is 5.46. The number of guanidine groups is 1. The Morgan fingerprint density at radius 3 is 2.85 bits per heavy atom. The molecule has 1 atom stereocenters. The Morgan fingerprint density at radius 1 is 1.26 bits per heavy atom. The maximum absolute atomic E-state index is 5.63. The van der Waals surface area contributed by atoms with Crippen LogP contribution < -0.4 is 5.32 Å². The monoisotopic (exact) mass is 481 g/mol. The molecule has 2 aliphatic rings. The first-order valence-corrected chi connectivity index (χ1v) is 9.35. The third kappa shape index (κ3) is 4.82. The van der Waals surface area contributed by atoms with Gasteiger partial charge in [0, 0.05) is 50.5 Å². The average Bonchev–Trinajstić information content (AvgIpc) is 3.40. The first-order chi connectivity index (χ1) is 12.8. The van der Waals surface area contributed by atoms with Gasteiger partial charge in [0.05, 0.1) is 19.3 Å². The number of hydrogen-bond donors (Lipinski definition) is 1. The second-order valence-electron chi connectivity index (χ2n) is 7.41. The Bertz CT molecular complexity index is 755. The highest BCUT2D eigenvalue weighted by molar-refractivity contribution is 14.0. The van der Waals surface area contributed by atoms with Crippen LogP contribution in [-0.2, 0) is 17.8 Å². The Morgan fingerprint density at radius 2 is 2.11 bits per heavy atom. The van der Waals surface area contributed by atoms with Crippen molar-refractivity contribution in [2.45, 2.75) is 25.9 Å². The van der Waals surface area contributed by atoms with E-state index >= 15 is 0 Å². The molecule has 1 aromatic heterocycles. The van der Waals surface area contributed by atoms with Gasteiger partial charge in [-0.05, 0) is 18.4 Å². The highest BCUT2D eigenvalue weighted by Crippen LogP contribution is 2.38. The molecule has 6 nitrogen and oxygen atoms in total. The Kier molecular flexibility index (Phi) is 6.75. The number of likely N-dealkylation sites (tertiary alicyclic amines) is 1. The predicted octanol–water partition coefficient (Wildman–Crippen LogP) is 2.74. The van der Waals surface area contributed by atoms with Gasteiger partial charge in [-0.15, -0.1) is 24.0 Å². The number of nitrogens with one attached hydrogen (secondary N) is 1. The number of nitrogens with zero attached hydrogens (tertiary/aromatic N) is 4. The second kappa shape index (κ2) is 9.05. The molecule has 1 unspecified atom stereocenters. The van der Waals surface area contributed by atoms with Gasteiger partial charge < -0.3 is 15.0 Å². The Balaban J connectivity index is 0.00000210. The van der Waals surface area contributed by atoms with Crippen molar-refractivity contribution >= 4 is 29.9 Å². The van der Waals surface area contributed by atoms with Gasteiger partial charge in [0.15, 0.2) is 5.96 Å². The molecule has 7 heteroatoms. The van der Waals surface area contributed by atoms with E-state index in [2.05, 4.69) is 50.8 Å². The molecule has 1 N–H and O–H groups in total. The molecule has 3 heterocycles. The molecular formula is C20H28IN5O. The SMILES string of the molecule is CN=C(NCc1cnn(Cc2ccccc2)c1)N1CCC2(CCOC2)C1.I. The van der Waals surface area contributed by atoms with Crippen molar-refractivity contribution in [3.8, 4) is 0 Å². The van der Waals surface area contributed by atoms with Crippen molar-refractivity contribution in [2.24, 2.45) is 10.4 Å². The molecule has 2 saturated heterocycles. The summed E-state index contributed by atoms with van der Waals surface area (Å²) in [6.45, 7) is 5.43. The van der Waals surface area contributed by atoms with Gasteiger partial charge in [0.2, 0.25) is 0 Å². The van der Waals surface area contributed by atoms with Crippen molar-refractivity contribution in [3.05, 3.63) is 53.9 Å². The van der Waals surface area contributed by atoms with Crippen molar-refractivity contribution < 1.29 is 4.74 Å². The van der Waals surface area contributed by atoms with Crippen LogP contribution >= 0.6 is 24.0 Å². The average molecular weight is 481 g/mol. The van der Waals surface area contributed by atoms with Gasteiger partial charge in [0.25, 0.3) is 0 Å². The zero-order chi connectivity index (χ0) is 17.8. The van der Waals surface area contributed by atoms with Crippen LogP contribution in [0.3, 0.4) is 0 Å². The summed E-state index contributed by atoms with van der Waals surface area (Å²) < 4.78 is 7.61. The first kappa shape index (κ1) is 20.1. The van der Waals surface area contributed by atoms with E-state index in [1.54, 1.807) is 0 Å². The smallest absolute Gasteiger partial charge is 0.193 e. The van der Waals surface area contributed by atoms with E-state index < -0.39 is 0 Å². The van der Waals surface area contributed by atoms with Crippen LogP contribution in [0.1, 0.15) is 24.0 Å².